The lowest BCUT2D eigenvalue weighted by molar-refractivity contribution is 1.07. The predicted molar refractivity (Wildman–Crippen MR) is 223 cm³/mol. The highest BCUT2D eigenvalue weighted by molar-refractivity contribution is 6.24. The highest BCUT2D eigenvalue weighted by Crippen LogP contribution is 2.42. The molecule has 8 aromatic carbocycles. The SMILES string of the molecule is c1ccc(-c2nc(-c3ccccc3)nc(-c3ccc4c5cccc6c7cc8ccccc8cc7n7c8ccccc8c8cccc(c87)n(c4c3)c56)n2)cc1. The monoisotopic (exact) mass is 687 g/mol. The fourth-order valence-electron chi connectivity index (χ4n) is 8.67. The number of nitrogens with zero attached hydrogens (tertiary/aromatic N) is 5. The molecule has 12 rings (SSSR count). The maximum Gasteiger partial charge on any atom is 0.164 e. The number of aromatic nitrogens is 5. The van der Waals surface area contributed by atoms with Gasteiger partial charge in [0.15, 0.2) is 17.5 Å². The maximum absolute atomic E-state index is 5.11. The van der Waals surface area contributed by atoms with Gasteiger partial charge < -0.3 is 8.80 Å². The van der Waals surface area contributed by atoms with E-state index in [0.29, 0.717) is 17.5 Å². The Kier molecular flexibility index (Phi) is 5.99. The molecule has 0 amide bonds. The Morgan fingerprint density at radius 3 is 1.48 bits per heavy atom. The second-order valence-electron chi connectivity index (χ2n) is 14.0. The minimum absolute atomic E-state index is 0.637. The fourth-order valence-corrected chi connectivity index (χ4v) is 8.67. The molecule has 0 aliphatic heterocycles. The summed E-state index contributed by atoms with van der Waals surface area (Å²) in [7, 11) is 0. The van der Waals surface area contributed by atoms with Crippen molar-refractivity contribution in [1.82, 2.24) is 23.8 Å². The number of rotatable bonds is 3. The quantitative estimate of drug-likeness (QED) is 0.186. The van der Waals surface area contributed by atoms with Crippen molar-refractivity contribution >= 4 is 76.2 Å². The number of fused-ring (bicyclic) bond motifs is 11. The van der Waals surface area contributed by atoms with Crippen LogP contribution in [0.5, 0.6) is 0 Å². The summed E-state index contributed by atoms with van der Waals surface area (Å²) < 4.78 is 4.97. The van der Waals surface area contributed by atoms with Crippen molar-refractivity contribution in [3.05, 3.63) is 176 Å². The first-order chi connectivity index (χ1) is 26.8. The van der Waals surface area contributed by atoms with Gasteiger partial charge in [-0.2, -0.15) is 0 Å². The van der Waals surface area contributed by atoms with Crippen LogP contribution in [-0.4, -0.2) is 23.8 Å². The van der Waals surface area contributed by atoms with Gasteiger partial charge in [-0.25, -0.2) is 15.0 Å². The molecule has 0 saturated heterocycles. The first kappa shape index (κ1) is 29.2. The van der Waals surface area contributed by atoms with Gasteiger partial charge >= 0.3 is 0 Å². The summed E-state index contributed by atoms with van der Waals surface area (Å²) in [5.74, 6) is 1.93. The van der Waals surface area contributed by atoms with Crippen LogP contribution in [0.4, 0.5) is 0 Å². The summed E-state index contributed by atoms with van der Waals surface area (Å²) in [5.41, 5.74) is 9.82. The summed E-state index contributed by atoms with van der Waals surface area (Å²) in [4.78, 5) is 15.2. The smallest absolute Gasteiger partial charge is 0.164 e. The first-order valence-electron chi connectivity index (χ1n) is 18.3. The fraction of sp³-hybridized carbons (Fsp3) is 0. The van der Waals surface area contributed by atoms with Gasteiger partial charge in [0.2, 0.25) is 0 Å². The maximum atomic E-state index is 5.11. The number of benzene rings is 8. The van der Waals surface area contributed by atoms with E-state index < -0.39 is 0 Å². The molecule has 0 saturated carbocycles. The van der Waals surface area contributed by atoms with Crippen LogP contribution in [0, 0.1) is 0 Å². The van der Waals surface area contributed by atoms with Gasteiger partial charge in [0.05, 0.1) is 33.1 Å². The van der Waals surface area contributed by atoms with Crippen LogP contribution in [0.1, 0.15) is 0 Å². The molecule has 0 spiro atoms. The van der Waals surface area contributed by atoms with Gasteiger partial charge in [-0.1, -0.05) is 146 Å². The molecule has 250 valence electrons. The molecule has 0 aliphatic carbocycles. The summed E-state index contributed by atoms with van der Waals surface area (Å²) >= 11 is 0. The van der Waals surface area contributed by atoms with Crippen molar-refractivity contribution in [2.45, 2.75) is 0 Å². The lowest BCUT2D eigenvalue weighted by Gasteiger charge is -2.12. The molecule has 0 unspecified atom stereocenters. The Bertz CT molecular complexity index is 3430. The number of hydrogen-bond donors (Lipinski definition) is 0. The molecule has 54 heavy (non-hydrogen) atoms. The van der Waals surface area contributed by atoms with Crippen molar-refractivity contribution in [3.63, 3.8) is 0 Å². The van der Waals surface area contributed by atoms with E-state index in [1.165, 1.54) is 65.2 Å². The third kappa shape index (κ3) is 4.12. The topological polar surface area (TPSA) is 47.5 Å². The van der Waals surface area contributed by atoms with Crippen LogP contribution < -0.4 is 0 Å². The Balaban J connectivity index is 1.27. The predicted octanol–water partition coefficient (Wildman–Crippen LogP) is 12.3. The first-order valence-corrected chi connectivity index (χ1v) is 18.3. The van der Waals surface area contributed by atoms with Crippen molar-refractivity contribution in [3.8, 4) is 34.2 Å². The highest BCUT2D eigenvalue weighted by atomic mass is 15.0. The van der Waals surface area contributed by atoms with E-state index in [9.17, 15) is 0 Å². The molecule has 0 aliphatic rings. The molecule has 0 radical (unpaired) electrons. The molecule has 4 heterocycles. The second kappa shape index (κ2) is 11.1. The van der Waals surface area contributed by atoms with Crippen LogP contribution in [0.15, 0.2) is 176 Å². The molecular weight excluding hydrogens is 659 g/mol. The largest absolute Gasteiger partial charge is 0.307 e. The minimum atomic E-state index is 0.637. The third-order valence-electron chi connectivity index (χ3n) is 11.1. The Morgan fingerprint density at radius 1 is 0.278 bits per heavy atom. The molecule has 0 fully saturated rings. The van der Waals surface area contributed by atoms with E-state index in [1.807, 2.05) is 36.4 Å². The zero-order valence-corrected chi connectivity index (χ0v) is 29.0. The summed E-state index contributed by atoms with van der Waals surface area (Å²) in [6.07, 6.45) is 0. The lowest BCUT2D eigenvalue weighted by Crippen LogP contribution is -2.00. The molecule has 5 nitrogen and oxygen atoms in total. The standard InChI is InChI=1S/C49H29N5/c1-3-13-30(14-4-1)47-50-48(31-15-5-2-6-16-31)52-49(51-47)34-25-26-36-37-20-11-21-39-40-27-32-17-7-8-18-33(32)28-44(40)53-41-23-10-9-19-35(41)38-22-12-24-42(46(38)53)54(45(37)39)43(36)29-34/h1-29H. The molecule has 5 heteroatoms. The van der Waals surface area contributed by atoms with Crippen molar-refractivity contribution in [1.29, 1.82) is 0 Å². The lowest BCUT2D eigenvalue weighted by atomic mass is 10.0. The number of para-hydroxylation sites is 3. The molecular formula is C49H29N5. The third-order valence-corrected chi connectivity index (χ3v) is 11.1. The Hall–Kier alpha value is -7.37. The summed E-state index contributed by atoms with van der Waals surface area (Å²) in [5, 5.41) is 9.70. The molecule has 0 N–H and O–H groups in total. The normalized spacial score (nSPS) is 12.1. The average Bonchev–Trinajstić information content (AvgIpc) is 3.76. The summed E-state index contributed by atoms with van der Waals surface area (Å²) in [6.45, 7) is 0. The van der Waals surface area contributed by atoms with Crippen LogP contribution in [0.25, 0.3) is 110 Å². The summed E-state index contributed by atoms with van der Waals surface area (Å²) in [6, 6.07) is 62.7. The van der Waals surface area contributed by atoms with Gasteiger partial charge in [0, 0.05) is 49.0 Å². The number of hydrogen-bond acceptors (Lipinski definition) is 3. The molecule has 4 aromatic heterocycles. The second-order valence-corrected chi connectivity index (χ2v) is 14.0. The average molecular weight is 688 g/mol. The highest BCUT2D eigenvalue weighted by Gasteiger charge is 2.21. The van der Waals surface area contributed by atoms with E-state index in [1.54, 1.807) is 0 Å². The van der Waals surface area contributed by atoms with Crippen LogP contribution in [-0.2, 0) is 0 Å². The van der Waals surface area contributed by atoms with Gasteiger partial charge in [-0.3, -0.25) is 0 Å². The van der Waals surface area contributed by atoms with Crippen molar-refractivity contribution in [2.24, 2.45) is 0 Å². The van der Waals surface area contributed by atoms with Gasteiger partial charge in [0.25, 0.3) is 0 Å². The Morgan fingerprint density at radius 2 is 0.759 bits per heavy atom. The van der Waals surface area contributed by atoms with E-state index in [4.69, 9.17) is 15.0 Å². The minimum Gasteiger partial charge on any atom is -0.307 e. The molecule has 12 aromatic rings. The van der Waals surface area contributed by atoms with Crippen LogP contribution >= 0.6 is 0 Å². The van der Waals surface area contributed by atoms with Crippen LogP contribution in [0.3, 0.4) is 0 Å². The van der Waals surface area contributed by atoms with Gasteiger partial charge in [-0.05, 0) is 41.1 Å². The Labute approximate surface area is 309 Å². The van der Waals surface area contributed by atoms with Gasteiger partial charge in [0.1, 0.15) is 0 Å². The van der Waals surface area contributed by atoms with Crippen LogP contribution in [0.2, 0.25) is 0 Å². The zero-order chi connectivity index (χ0) is 35.3. The van der Waals surface area contributed by atoms with Gasteiger partial charge in [-0.15, -0.1) is 0 Å². The van der Waals surface area contributed by atoms with E-state index in [0.717, 1.165) is 27.7 Å². The molecule has 0 atom stereocenters. The zero-order valence-electron chi connectivity index (χ0n) is 29.0. The van der Waals surface area contributed by atoms with E-state index >= 15 is 0 Å². The molecule has 0 bridgehead atoms. The van der Waals surface area contributed by atoms with Crippen molar-refractivity contribution in [2.75, 3.05) is 0 Å². The van der Waals surface area contributed by atoms with Crippen molar-refractivity contribution < 1.29 is 0 Å². The van der Waals surface area contributed by atoms with E-state index in [-0.39, 0.29) is 0 Å². The van der Waals surface area contributed by atoms with E-state index in [2.05, 4.69) is 148 Å².